The minimum Gasteiger partial charge on any atom is -0.496 e. The van der Waals surface area contributed by atoms with Crippen LogP contribution in [0, 0.1) is 0 Å². The van der Waals surface area contributed by atoms with Crippen molar-refractivity contribution in [3.63, 3.8) is 0 Å². The van der Waals surface area contributed by atoms with E-state index in [2.05, 4.69) is 58.5 Å². The van der Waals surface area contributed by atoms with Gasteiger partial charge in [-0.05, 0) is 80.3 Å². The number of hydrogen-bond acceptors (Lipinski definition) is 10. The summed E-state index contributed by atoms with van der Waals surface area (Å²) in [4.78, 5) is 23.4. The highest BCUT2D eigenvalue weighted by Gasteiger charge is 2.24. The highest BCUT2D eigenvalue weighted by molar-refractivity contribution is 6.14. The third-order valence-electron chi connectivity index (χ3n) is 12.0. The third kappa shape index (κ3) is 7.89. The number of benzene rings is 4. The summed E-state index contributed by atoms with van der Waals surface area (Å²) in [5, 5.41) is 24.7. The lowest BCUT2D eigenvalue weighted by Gasteiger charge is -2.16. The summed E-state index contributed by atoms with van der Waals surface area (Å²) in [6.07, 6.45) is 4.57. The van der Waals surface area contributed by atoms with Crippen molar-refractivity contribution in [1.29, 1.82) is 0 Å². The smallest absolute Gasteiger partial charge is 0.356 e. The number of aliphatic hydroxyl groups is 2. The van der Waals surface area contributed by atoms with Crippen LogP contribution >= 0.6 is 0 Å². The topological polar surface area (TPSA) is 139 Å². The Hall–Kier alpha value is -6.63. The van der Waals surface area contributed by atoms with Crippen LogP contribution in [-0.2, 0) is 37.5 Å². The van der Waals surface area contributed by atoms with E-state index in [-0.39, 0.29) is 25.5 Å². The van der Waals surface area contributed by atoms with Gasteiger partial charge in [-0.25, -0.2) is 9.78 Å². The Morgan fingerprint density at radius 1 is 0.603 bits per heavy atom. The maximum atomic E-state index is 13.3. The van der Waals surface area contributed by atoms with Crippen LogP contribution in [0.4, 0.5) is 0 Å². The van der Waals surface area contributed by atoms with Crippen molar-refractivity contribution in [2.75, 3.05) is 35.0 Å². The van der Waals surface area contributed by atoms with Crippen molar-refractivity contribution < 1.29 is 38.7 Å². The van der Waals surface area contributed by atoms with Crippen molar-refractivity contribution in [3.8, 4) is 45.5 Å². The molecule has 8 aromatic rings. The molecule has 63 heavy (non-hydrogen) atoms. The Morgan fingerprint density at radius 3 is 1.67 bits per heavy atom. The van der Waals surface area contributed by atoms with Crippen LogP contribution in [0.1, 0.15) is 66.8 Å². The molecule has 0 fully saturated rings. The lowest BCUT2D eigenvalue weighted by molar-refractivity contribution is 0.0520. The van der Waals surface area contributed by atoms with Crippen LogP contribution in [0.15, 0.2) is 84.9 Å². The molecule has 0 saturated carbocycles. The minimum atomic E-state index is -0.490. The van der Waals surface area contributed by atoms with Crippen LogP contribution in [-0.4, -0.2) is 70.3 Å². The summed E-state index contributed by atoms with van der Waals surface area (Å²) in [5.41, 5.74) is 9.50. The zero-order valence-corrected chi connectivity index (χ0v) is 36.8. The number of aliphatic hydroxyl groups excluding tert-OH is 2. The van der Waals surface area contributed by atoms with E-state index in [1.165, 1.54) is 5.39 Å². The van der Waals surface area contributed by atoms with Gasteiger partial charge < -0.3 is 43.0 Å². The van der Waals surface area contributed by atoms with Gasteiger partial charge in [0.15, 0.2) is 11.5 Å². The molecule has 0 aliphatic heterocycles. The Balaban J connectivity index is 1.13. The molecule has 12 heteroatoms. The summed E-state index contributed by atoms with van der Waals surface area (Å²) >= 11 is 0. The number of methoxy groups -OCH3 is 4. The summed E-state index contributed by atoms with van der Waals surface area (Å²) in [6, 6.07) is 28.4. The minimum absolute atomic E-state index is 0.223. The predicted octanol–water partition coefficient (Wildman–Crippen LogP) is 10.0. The Kier molecular flexibility index (Phi) is 12.8. The van der Waals surface area contributed by atoms with E-state index in [1.54, 1.807) is 35.4 Å². The molecule has 326 valence electrons. The lowest BCUT2D eigenvalue weighted by atomic mass is 9.99. The quantitative estimate of drug-likeness (QED) is 0.0634. The second kappa shape index (κ2) is 18.8. The number of nitrogens with zero attached hydrogens (tertiary/aromatic N) is 4. The molecule has 0 amide bonds. The highest BCUT2D eigenvalue weighted by atomic mass is 16.5. The van der Waals surface area contributed by atoms with Gasteiger partial charge in [0.25, 0.3) is 0 Å². The molecule has 12 nitrogen and oxygen atoms in total. The van der Waals surface area contributed by atoms with Crippen LogP contribution in [0.5, 0.6) is 23.0 Å². The zero-order chi connectivity index (χ0) is 44.2. The number of esters is 1. The van der Waals surface area contributed by atoms with Crippen molar-refractivity contribution in [3.05, 3.63) is 107 Å². The van der Waals surface area contributed by atoms with Crippen molar-refractivity contribution in [2.24, 2.45) is 0 Å². The first-order chi connectivity index (χ1) is 30.8. The fourth-order valence-corrected chi connectivity index (χ4v) is 9.01. The van der Waals surface area contributed by atoms with Gasteiger partial charge in [0, 0.05) is 68.1 Å². The number of fused-ring (bicyclic) bond motifs is 6. The molecule has 4 aromatic heterocycles. The van der Waals surface area contributed by atoms with E-state index in [1.807, 2.05) is 42.5 Å². The highest BCUT2D eigenvalue weighted by Crippen LogP contribution is 2.44. The molecule has 4 heterocycles. The van der Waals surface area contributed by atoms with Gasteiger partial charge in [-0.15, -0.1) is 0 Å². The Bertz CT molecular complexity index is 2920. The van der Waals surface area contributed by atoms with Gasteiger partial charge in [-0.3, -0.25) is 4.98 Å². The molecular weight excluding hydrogens is 797 g/mol. The standard InChI is InChI=1S/C51H54N4O8/c1-7-34-27-37-35-17-11-13-19-41(35)54(48(37)46(52-34)31-23-33(29-56)39(30-57)43(24-31)59-3)21-15-9-10-16-22-55-42-20-14-12-18-36(42)38-28-40(51(58)63-8-2)53-47(49(38)55)32-25-44(60-4)50(62-6)45(26-32)61-5/h11-14,17-20,23-28,56-57H,7-10,15-16,21-22,29-30H2,1-6H3. The van der Waals surface area contributed by atoms with Crippen LogP contribution in [0.25, 0.3) is 66.1 Å². The first-order valence-electron chi connectivity index (χ1n) is 21.5. The first-order valence-corrected chi connectivity index (χ1v) is 21.5. The number of unbranched alkanes of at least 4 members (excludes halogenated alkanes) is 3. The number of aryl methyl sites for hydroxylation is 3. The molecule has 0 spiro atoms. The maximum Gasteiger partial charge on any atom is 0.356 e. The number of pyridine rings is 2. The monoisotopic (exact) mass is 850 g/mol. The van der Waals surface area contributed by atoms with Gasteiger partial charge in [0.05, 0.1) is 70.7 Å². The van der Waals surface area contributed by atoms with Crippen molar-refractivity contribution in [1.82, 2.24) is 19.1 Å². The molecule has 0 saturated heterocycles. The van der Waals surface area contributed by atoms with Crippen LogP contribution < -0.4 is 18.9 Å². The summed E-state index contributed by atoms with van der Waals surface area (Å²) in [6.45, 7) is 5.16. The molecule has 2 N–H and O–H groups in total. The fourth-order valence-electron chi connectivity index (χ4n) is 9.01. The number of ether oxygens (including phenoxy) is 5. The largest absolute Gasteiger partial charge is 0.496 e. The number of rotatable bonds is 18. The average Bonchev–Trinajstić information content (AvgIpc) is 3.82. The molecule has 0 aliphatic rings. The van der Waals surface area contributed by atoms with Crippen molar-refractivity contribution >= 4 is 49.6 Å². The van der Waals surface area contributed by atoms with Crippen LogP contribution in [0.2, 0.25) is 0 Å². The molecular formula is C51H54N4O8. The third-order valence-corrected chi connectivity index (χ3v) is 12.0. The number of carbonyl (C=O) groups excluding carboxylic acids is 1. The first kappa shape index (κ1) is 43.0. The van der Waals surface area contributed by atoms with Gasteiger partial charge in [0.2, 0.25) is 5.75 Å². The van der Waals surface area contributed by atoms with Crippen molar-refractivity contribution in [2.45, 2.75) is 72.3 Å². The Morgan fingerprint density at radius 2 is 1.14 bits per heavy atom. The second-order valence-electron chi connectivity index (χ2n) is 15.5. The zero-order valence-electron chi connectivity index (χ0n) is 36.8. The molecule has 0 aliphatic carbocycles. The summed E-state index contributed by atoms with van der Waals surface area (Å²) < 4.78 is 33.0. The molecule has 4 aromatic carbocycles. The maximum absolute atomic E-state index is 13.3. The predicted molar refractivity (Wildman–Crippen MR) is 247 cm³/mol. The molecule has 0 bridgehead atoms. The van der Waals surface area contributed by atoms with E-state index >= 15 is 0 Å². The van der Waals surface area contributed by atoms with Crippen LogP contribution in [0.3, 0.4) is 0 Å². The van der Waals surface area contributed by atoms with E-state index in [4.69, 9.17) is 33.7 Å². The van der Waals surface area contributed by atoms with E-state index in [0.717, 1.165) is 100 Å². The summed E-state index contributed by atoms with van der Waals surface area (Å²) in [5.74, 6) is 1.46. The second-order valence-corrected chi connectivity index (χ2v) is 15.5. The van der Waals surface area contributed by atoms with E-state index in [0.29, 0.717) is 45.4 Å². The van der Waals surface area contributed by atoms with Gasteiger partial charge >= 0.3 is 5.97 Å². The molecule has 0 radical (unpaired) electrons. The van der Waals surface area contributed by atoms with Gasteiger partial charge in [-0.1, -0.05) is 56.2 Å². The number of aromatic nitrogens is 4. The lowest BCUT2D eigenvalue weighted by Crippen LogP contribution is -2.09. The molecule has 0 atom stereocenters. The molecule has 8 rings (SSSR count). The number of carbonyl (C=O) groups is 1. The van der Waals surface area contributed by atoms with Gasteiger partial charge in [-0.2, -0.15) is 0 Å². The number of hydrogen-bond donors (Lipinski definition) is 2. The van der Waals surface area contributed by atoms with E-state index < -0.39 is 5.97 Å². The normalized spacial score (nSPS) is 11.6. The van der Waals surface area contributed by atoms with Gasteiger partial charge in [0.1, 0.15) is 11.4 Å². The average molecular weight is 851 g/mol. The fraction of sp³-hybridized carbons (Fsp3) is 0.314. The van der Waals surface area contributed by atoms with E-state index in [9.17, 15) is 15.0 Å². The number of para-hydroxylation sites is 2. The summed E-state index contributed by atoms with van der Waals surface area (Å²) in [7, 11) is 6.31. The Labute approximate surface area is 366 Å². The molecule has 0 unspecified atom stereocenters. The SMILES string of the molecule is CCOC(=O)c1cc2c3ccccc3n(CCCCCCn3c4ccccc4c4cc(CC)nc(-c5cc(CO)c(CO)c(OC)c5)c43)c2c(-c2cc(OC)c(OC)c(OC)c2)n1.